The third kappa shape index (κ3) is 1.58. The Morgan fingerprint density at radius 1 is 1.46 bits per heavy atom. The van der Waals surface area contributed by atoms with E-state index in [1.165, 1.54) is 5.56 Å². The van der Waals surface area contributed by atoms with Crippen molar-refractivity contribution < 1.29 is 5.11 Å². The van der Waals surface area contributed by atoms with Gasteiger partial charge in [0.25, 0.3) is 0 Å². The van der Waals surface area contributed by atoms with Gasteiger partial charge in [-0.2, -0.15) is 0 Å². The molecule has 3 heteroatoms. The molecule has 0 saturated heterocycles. The van der Waals surface area contributed by atoms with Crippen LogP contribution in [0.4, 0.5) is 0 Å². The van der Waals surface area contributed by atoms with Gasteiger partial charge >= 0.3 is 0 Å². The van der Waals surface area contributed by atoms with Crippen molar-refractivity contribution in [1.29, 1.82) is 0 Å². The molecule has 1 aliphatic carbocycles. The van der Waals surface area contributed by atoms with Crippen LogP contribution in [0.3, 0.4) is 0 Å². The van der Waals surface area contributed by atoms with Crippen LogP contribution in [-0.2, 0) is 6.42 Å². The van der Waals surface area contributed by atoms with Gasteiger partial charge in [-0.25, -0.2) is 0 Å². The SMILES string of the molecule is NC1CCc2ccc(O)cc2C1Br. The molecule has 2 nitrogen and oxygen atoms in total. The number of fused-ring (bicyclic) bond motifs is 1. The van der Waals surface area contributed by atoms with Crippen molar-refractivity contribution in [3.05, 3.63) is 29.3 Å². The fourth-order valence-corrected chi connectivity index (χ4v) is 2.46. The second-order valence-electron chi connectivity index (χ2n) is 3.49. The van der Waals surface area contributed by atoms with Gasteiger partial charge in [-0.1, -0.05) is 22.0 Å². The molecule has 1 aromatic carbocycles. The van der Waals surface area contributed by atoms with Crippen molar-refractivity contribution in [2.45, 2.75) is 23.7 Å². The first-order chi connectivity index (χ1) is 6.18. The molecule has 0 spiro atoms. The summed E-state index contributed by atoms with van der Waals surface area (Å²) in [6.45, 7) is 0. The van der Waals surface area contributed by atoms with Crippen LogP contribution in [0, 0.1) is 0 Å². The van der Waals surface area contributed by atoms with E-state index in [2.05, 4.69) is 15.9 Å². The molecule has 70 valence electrons. The van der Waals surface area contributed by atoms with Crippen LogP contribution in [0.5, 0.6) is 5.75 Å². The van der Waals surface area contributed by atoms with E-state index < -0.39 is 0 Å². The molecule has 0 aliphatic heterocycles. The average Bonchev–Trinajstić information content (AvgIpc) is 2.12. The monoisotopic (exact) mass is 241 g/mol. The normalized spacial score (nSPS) is 26.9. The van der Waals surface area contributed by atoms with Crippen LogP contribution in [0.1, 0.15) is 22.4 Å². The molecule has 2 unspecified atom stereocenters. The summed E-state index contributed by atoms with van der Waals surface area (Å²) in [4.78, 5) is 0.184. The molecule has 2 atom stereocenters. The Labute approximate surface area is 85.9 Å². The molecule has 2 rings (SSSR count). The maximum Gasteiger partial charge on any atom is 0.115 e. The Balaban J connectivity index is 2.45. The number of alkyl halides is 1. The predicted molar refractivity (Wildman–Crippen MR) is 56.1 cm³/mol. The van der Waals surface area contributed by atoms with Crippen LogP contribution in [0.25, 0.3) is 0 Å². The molecule has 0 heterocycles. The Morgan fingerprint density at radius 2 is 2.23 bits per heavy atom. The van der Waals surface area contributed by atoms with E-state index in [9.17, 15) is 5.11 Å². The minimum Gasteiger partial charge on any atom is -0.508 e. The third-order valence-corrected chi connectivity index (χ3v) is 3.72. The van der Waals surface area contributed by atoms with Crippen molar-refractivity contribution in [1.82, 2.24) is 0 Å². The topological polar surface area (TPSA) is 46.2 Å². The number of halogens is 1. The molecule has 0 bridgehead atoms. The van der Waals surface area contributed by atoms with E-state index in [1.54, 1.807) is 12.1 Å². The summed E-state index contributed by atoms with van der Waals surface area (Å²) < 4.78 is 0. The Hall–Kier alpha value is -0.540. The molecule has 1 aliphatic rings. The van der Waals surface area contributed by atoms with E-state index in [1.807, 2.05) is 6.07 Å². The summed E-state index contributed by atoms with van der Waals surface area (Å²) in [5.74, 6) is 0.317. The highest BCUT2D eigenvalue weighted by molar-refractivity contribution is 9.09. The lowest BCUT2D eigenvalue weighted by Crippen LogP contribution is -2.29. The summed E-state index contributed by atoms with van der Waals surface area (Å²) in [6, 6.07) is 5.67. The van der Waals surface area contributed by atoms with Gasteiger partial charge in [0, 0.05) is 6.04 Å². The van der Waals surface area contributed by atoms with Crippen molar-refractivity contribution in [3.63, 3.8) is 0 Å². The third-order valence-electron chi connectivity index (χ3n) is 2.55. The molecule has 0 saturated carbocycles. The zero-order valence-corrected chi connectivity index (χ0v) is 8.79. The number of aromatic hydroxyl groups is 1. The van der Waals surface area contributed by atoms with E-state index in [4.69, 9.17) is 5.73 Å². The lowest BCUT2D eigenvalue weighted by atomic mass is 9.88. The molecule has 1 aromatic rings. The van der Waals surface area contributed by atoms with E-state index in [-0.39, 0.29) is 10.9 Å². The van der Waals surface area contributed by atoms with Gasteiger partial charge in [0.2, 0.25) is 0 Å². The van der Waals surface area contributed by atoms with Gasteiger partial charge in [0.15, 0.2) is 0 Å². The highest BCUT2D eigenvalue weighted by Gasteiger charge is 2.24. The lowest BCUT2D eigenvalue weighted by molar-refractivity contribution is 0.471. The number of hydrogen-bond donors (Lipinski definition) is 2. The standard InChI is InChI=1S/C10H12BrNO/c11-10-8-5-7(13)3-1-6(8)2-4-9(10)12/h1,3,5,9-10,13H,2,4,12H2. The first kappa shape index (κ1) is 9.03. The van der Waals surface area contributed by atoms with Gasteiger partial charge in [-0.05, 0) is 36.1 Å². The van der Waals surface area contributed by atoms with Crippen molar-refractivity contribution in [2.75, 3.05) is 0 Å². The van der Waals surface area contributed by atoms with Crippen LogP contribution in [0.15, 0.2) is 18.2 Å². The maximum atomic E-state index is 9.33. The molecular formula is C10H12BrNO. The molecule has 0 aromatic heterocycles. The van der Waals surface area contributed by atoms with Gasteiger partial charge in [-0.3, -0.25) is 0 Å². The first-order valence-corrected chi connectivity index (χ1v) is 5.31. The highest BCUT2D eigenvalue weighted by atomic mass is 79.9. The molecular weight excluding hydrogens is 230 g/mol. The Kier molecular flexibility index (Phi) is 2.30. The Bertz CT molecular complexity index is 327. The summed E-state index contributed by atoms with van der Waals surface area (Å²) in [6.07, 6.45) is 2.02. The first-order valence-electron chi connectivity index (χ1n) is 4.40. The Morgan fingerprint density at radius 3 is 3.00 bits per heavy atom. The number of rotatable bonds is 0. The quantitative estimate of drug-likeness (QED) is 0.684. The minimum absolute atomic E-state index is 0.161. The number of aryl methyl sites for hydroxylation is 1. The zero-order chi connectivity index (χ0) is 9.42. The number of hydrogen-bond acceptors (Lipinski definition) is 2. The van der Waals surface area contributed by atoms with Gasteiger partial charge in [0.1, 0.15) is 5.75 Å². The smallest absolute Gasteiger partial charge is 0.115 e. The fraction of sp³-hybridized carbons (Fsp3) is 0.400. The van der Waals surface area contributed by atoms with Crippen LogP contribution in [-0.4, -0.2) is 11.1 Å². The molecule has 3 N–H and O–H groups in total. The summed E-state index contributed by atoms with van der Waals surface area (Å²) in [5, 5.41) is 9.33. The van der Waals surface area contributed by atoms with Gasteiger partial charge < -0.3 is 10.8 Å². The number of phenols is 1. The van der Waals surface area contributed by atoms with Crippen LogP contribution < -0.4 is 5.73 Å². The van der Waals surface area contributed by atoms with Crippen LogP contribution >= 0.6 is 15.9 Å². The summed E-state index contributed by atoms with van der Waals surface area (Å²) >= 11 is 3.55. The highest BCUT2D eigenvalue weighted by Crippen LogP contribution is 2.36. The zero-order valence-electron chi connectivity index (χ0n) is 7.20. The lowest BCUT2D eigenvalue weighted by Gasteiger charge is -2.26. The van der Waals surface area contributed by atoms with Crippen molar-refractivity contribution in [3.8, 4) is 5.75 Å². The molecule has 0 radical (unpaired) electrons. The fourth-order valence-electron chi connectivity index (χ4n) is 1.77. The van der Waals surface area contributed by atoms with Crippen molar-refractivity contribution in [2.24, 2.45) is 5.73 Å². The second-order valence-corrected chi connectivity index (χ2v) is 4.47. The summed E-state index contributed by atoms with van der Waals surface area (Å²) in [7, 11) is 0. The van der Waals surface area contributed by atoms with E-state index >= 15 is 0 Å². The molecule has 13 heavy (non-hydrogen) atoms. The minimum atomic E-state index is 0.161. The molecule has 0 amide bonds. The average molecular weight is 242 g/mol. The largest absolute Gasteiger partial charge is 0.508 e. The maximum absolute atomic E-state index is 9.33. The van der Waals surface area contributed by atoms with Crippen molar-refractivity contribution >= 4 is 15.9 Å². The number of phenolic OH excluding ortho intramolecular Hbond substituents is 1. The van der Waals surface area contributed by atoms with Crippen LogP contribution in [0.2, 0.25) is 0 Å². The predicted octanol–water partition coefficient (Wildman–Crippen LogP) is 2.10. The van der Waals surface area contributed by atoms with Gasteiger partial charge in [-0.15, -0.1) is 0 Å². The molecule has 0 fully saturated rings. The number of benzene rings is 1. The van der Waals surface area contributed by atoms with E-state index in [0.29, 0.717) is 5.75 Å². The number of nitrogens with two attached hydrogens (primary N) is 1. The van der Waals surface area contributed by atoms with E-state index in [0.717, 1.165) is 18.4 Å². The summed E-state index contributed by atoms with van der Waals surface area (Å²) in [5.41, 5.74) is 8.35. The second kappa shape index (κ2) is 3.31. The van der Waals surface area contributed by atoms with Gasteiger partial charge in [0.05, 0.1) is 4.83 Å².